The standard InChI is InChI=1S/C27H26FN7O2/c1-16-19(12-30-35(16)17-7-5-4-6-8-17)26(37)34-14-20-21(15-34)25(20)33(3)27-31-23(11-24(36)32(27)2)18-9-10-29-13-22(18)28/h4-13,20-21,25H,14-15H2,1-3H3/t20-,21+,25+. The minimum absolute atomic E-state index is 0.0195. The highest BCUT2D eigenvalue weighted by Crippen LogP contribution is 2.49. The van der Waals surface area contributed by atoms with Gasteiger partial charge in [-0.1, -0.05) is 18.2 Å². The van der Waals surface area contributed by atoms with E-state index >= 15 is 0 Å². The molecule has 1 saturated carbocycles. The number of para-hydroxylation sites is 1. The van der Waals surface area contributed by atoms with Gasteiger partial charge in [-0.2, -0.15) is 5.10 Å². The quantitative estimate of drug-likeness (QED) is 0.420. The second kappa shape index (κ2) is 8.65. The number of piperidine rings is 1. The smallest absolute Gasteiger partial charge is 0.257 e. The van der Waals surface area contributed by atoms with Gasteiger partial charge in [0.25, 0.3) is 11.5 Å². The highest BCUT2D eigenvalue weighted by atomic mass is 19.1. The van der Waals surface area contributed by atoms with Crippen LogP contribution in [0.5, 0.6) is 0 Å². The Hall–Kier alpha value is -4.34. The molecule has 2 fully saturated rings. The Morgan fingerprint density at radius 1 is 1.11 bits per heavy atom. The zero-order valence-corrected chi connectivity index (χ0v) is 20.7. The zero-order valence-electron chi connectivity index (χ0n) is 20.7. The number of rotatable bonds is 5. The van der Waals surface area contributed by atoms with Gasteiger partial charge in [0.1, 0.15) is 0 Å². The second-order valence-corrected chi connectivity index (χ2v) is 9.72. The lowest BCUT2D eigenvalue weighted by Crippen LogP contribution is -2.38. The molecule has 3 atom stereocenters. The molecular formula is C27H26FN7O2. The molecule has 2 aliphatic rings. The number of hydrogen-bond acceptors (Lipinski definition) is 6. The fraction of sp³-hybridized carbons (Fsp3) is 0.296. The van der Waals surface area contributed by atoms with E-state index in [1.807, 2.05) is 54.1 Å². The van der Waals surface area contributed by atoms with Crippen LogP contribution in [0.3, 0.4) is 0 Å². The first-order valence-corrected chi connectivity index (χ1v) is 12.1. The molecule has 0 radical (unpaired) electrons. The highest BCUT2D eigenvalue weighted by molar-refractivity contribution is 5.95. The van der Waals surface area contributed by atoms with E-state index < -0.39 is 5.82 Å². The van der Waals surface area contributed by atoms with Crippen molar-refractivity contribution < 1.29 is 9.18 Å². The minimum Gasteiger partial charge on any atom is -0.342 e. The first kappa shape index (κ1) is 23.1. The first-order valence-electron chi connectivity index (χ1n) is 12.1. The topological polar surface area (TPSA) is 89.2 Å². The fourth-order valence-corrected chi connectivity index (χ4v) is 5.55. The van der Waals surface area contributed by atoms with E-state index in [0.29, 0.717) is 24.6 Å². The molecule has 1 aliphatic heterocycles. The average molecular weight is 500 g/mol. The van der Waals surface area contributed by atoms with Gasteiger partial charge in [-0.25, -0.2) is 14.1 Å². The van der Waals surface area contributed by atoms with Crippen molar-refractivity contribution in [3.63, 3.8) is 0 Å². The maximum absolute atomic E-state index is 14.3. The van der Waals surface area contributed by atoms with E-state index in [4.69, 9.17) is 0 Å². The SMILES string of the molecule is Cc1c(C(=O)N2C[C@@H]3[C@H](C2)[C@H]3N(C)c2nc(-c3ccncc3F)cc(=O)n2C)cnn1-c1ccccc1. The van der Waals surface area contributed by atoms with Crippen LogP contribution >= 0.6 is 0 Å². The zero-order chi connectivity index (χ0) is 25.8. The predicted octanol–water partition coefficient (Wildman–Crippen LogP) is 2.68. The molecule has 0 spiro atoms. The summed E-state index contributed by atoms with van der Waals surface area (Å²) in [6.07, 6.45) is 4.23. The van der Waals surface area contributed by atoms with Gasteiger partial charge in [-0.15, -0.1) is 0 Å². The monoisotopic (exact) mass is 499 g/mol. The van der Waals surface area contributed by atoms with Gasteiger partial charge in [-0.3, -0.25) is 19.1 Å². The van der Waals surface area contributed by atoms with Gasteiger partial charge >= 0.3 is 0 Å². The summed E-state index contributed by atoms with van der Waals surface area (Å²) in [6.45, 7) is 3.16. The number of likely N-dealkylation sites (tertiary alicyclic amines) is 1. The summed E-state index contributed by atoms with van der Waals surface area (Å²) in [5, 5.41) is 4.44. The van der Waals surface area contributed by atoms with E-state index in [1.165, 1.54) is 22.9 Å². The Kier molecular flexibility index (Phi) is 5.40. The molecule has 1 aromatic carbocycles. The van der Waals surface area contributed by atoms with E-state index in [9.17, 15) is 14.0 Å². The first-order chi connectivity index (χ1) is 17.8. The molecule has 0 bridgehead atoms. The lowest BCUT2D eigenvalue weighted by Gasteiger charge is -2.26. The summed E-state index contributed by atoms with van der Waals surface area (Å²) in [5.74, 6) is 0.471. The predicted molar refractivity (Wildman–Crippen MR) is 136 cm³/mol. The molecule has 4 heterocycles. The molecule has 4 aromatic rings. The van der Waals surface area contributed by atoms with Gasteiger partial charge in [-0.05, 0) is 25.1 Å². The van der Waals surface area contributed by atoms with Crippen LogP contribution in [0, 0.1) is 24.6 Å². The number of halogens is 1. The molecule has 1 saturated heterocycles. The third-order valence-corrected chi connectivity index (χ3v) is 7.60. The van der Waals surface area contributed by atoms with Crippen molar-refractivity contribution >= 4 is 11.9 Å². The molecule has 10 heteroatoms. The van der Waals surface area contributed by atoms with Crippen LogP contribution in [0.15, 0.2) is 65.8 Å². The molecule has 37 heavy (non-hydrogen) atoms. The number of anilines is 1. The number of nitrogens with zero attached hydrogens (tertiary/aromatic N) is 7. The van der Waals surface area contributed by atoms with Gasteiger partial charge in [0, 0.05) is 62.9 Å². The Morgan fingerprint density at radius 3 is 2.54 bits per heavy atom. The van der Waals surface area contributed by atoms with Crippen molar-refractivity contribution in [3.8, 4) is 16.9 Å². The Morgan fingerprint density at radius 2 is 1.84 bits per heavy atom. The molecule has 6 rings (SSSR count). The van der Waals surface area contributed by atoms with Crippen LogP contribution in [0.1, 0.15) is 16.1 Å². The van der Waals surface area contributed by atoms with Crippen LogP contribution < -0.4 is 10.5 Å². The van der Waals surface area contributed by atoms with Crippen molar-refractivity contribution in [2.24, 2.45) is 18.9 Å². The van der Waals surface area contributed by atoms with Gasteiger partial charge in [0.05, 0.1) is 35.0 Å². The average Bonchev–Trinajstić information content (AvgIpc) is 3.20. The largest absolute Gasteiger partial charge is 0.342 e. The number of fused-ring (bicyclic) bond motifs is 1. The van der Waals surface area contributed by atoms with Crippen LogP contribution in [0.2, 0.25) is 0 Å². The molecule has 1 aliphatic carbocycles. The third-order valence-electron chi connectivity index (χ3n) is 7.60. The molecular weight excluding hydrogens is 473 g/mol. The molecule has 0 unspecified atom stereocenters. The Bertz CT molecular complexity index is 1550. The summed E-state index contributed by atoms with van der Waals surface area (Å²) < 4.78 is 17.6. The molecule has 188 valence electrons. The minimum atomic E-state index is -0.528. The van der Waals surface area contributed by atoms with Crippen molar-refractivity contribution in [1.82, 2.24) is 29.2 Å². The summed E-state index contributed by atoms with van der Waals surface area (Å²) in [6, 6.07) is 12.7. The van der Waals surface area contributed by atoms with Gasteiger partial charge < -0.3 is 9.80 Å². The third kappa shape index (κ3) is 3.80. The van der Waals surface area contributed by atoms with Crippen molar-refractivity contribution in [2.45, 2.75) is 13.0 Å². The number of benzene rings is 1. The van der Waals surface area contributed by atoms with Crippen LogP contribution in [-0.2, 0) is 7.05 Å². The maximum Gasteiger partial charge on any atom is 0.257 e. The van der Waals surface area contributed by atoms with E-state index in [2.05, 4.69) is 15.1 Å². The van der Waals surface area contributed by atoms with E-state index in [0.717, 1.165) is 17.6 Å². The van der Waals surface area contributed by atoms with E-state index in [-0.39, 0.29) is 40.6 Å². The second-order valence-electron chi connectivity index (χ2n) is 9.72. The lowest BCUT2D eigenvalue weighted by atomic mass is 10.2. The highest BCUT2D eigenvalue weighted by Gasteiger charge is 2.59. The number of hydrogen-bond donors (Lipinski definition) is 0. The number of carbonyl (C=O) groups is 1. The van der Waals surface area contributed by atoms with Crippen molar-refractivity contribution in [3.05, 3.63) is 88.5 Å². The number of aromatic nitrogens is 5. The van der Waals surface area contributed by atoms with Gasteiger partial charge in [0.2, 0.25) is 5.95 Å². The Labute approximate surface area is 212 Å². The molecule has 1 amide bonds. The molecule has 0 N–H and O–H groups in total. The number of amides is 1. The van der Waals surface area contributed by atoms with Crippen molar-refractivity contribution in [1.29, 1.82) is 0 Å². The van der Waals surface area contributed by atoms with Gasteiger partial charge in [0.15, 0.2) is 5.82 Å². The summed E-state index contributed by atoms with van der Waals surface area (Å²) >= 11 is 0. The van der Waals surface area contributed by atoms with Crippen LogP contribution in [0.25, 0.3) is 16.9 Å². The Balaban J connectivity index is 1.19. The van der Waals surface area contributed by atoms with E-state index in [1.54, 1.807) is 17.9 Å². The van der Waals surface area contributed by atoms with Crippen molar-refractivity contribution in [2.75, 3.05) is 25.0 Å². The fourth-order valence-electron chi connectivity index (χ4n) is 5.55. The number of carbonyl (C=O) groups excluding carboxylic acids is 1. The number of pyridine rings is 1. The van der Waals surface area contributed by atoms with Crippen LogP contribution in [-0.4, -0.2) is 61.3 Å². The summed E-state index contributed by atoms with van der Waals surface area (Å²) in [4.78, 5) is 38.3. The van der Waals surface area contributed by atoms with Crippen LogP contribution in [0.4, 0.5) is 10.3 Å². The molecule has 9 nitrogen and oxygen atoms in total. The summed E-state index contributed by atoms with van der Waals surface area (Å²) in [5.41, 5.74) is 2.57. The normalized spacial score (nSPS) is 20.1. The molecule has 3 aromatic heterocycles. The maximum atomic E-state index is 14.3. The summed E-state index contributed by atoms with van der Waals surface area (Å²) in [7, 11) is 3.56. The lowest BCUT2D eigenvalue weighted by molar-refractivity contribution is 0.0772.